The fourth-order valence-electron chi connectivity index (χ4n) is 2.99. The molecule has 0 fully saturated rings. The summed E-state index contributed by atoms with van der Waals surface area (Å²) in [7, 11) is 2.16. The molecule has 0 saturated carbocycles. The minimum absolute atomic E-state index is 0.423. The summed E-state index contributed by atoms with van der Waals surface area (Å²) < 4.78 is 0. The van der Waals surface area contributed by atoms with Crippen LogP contribution in [0, 0.1) is 6.92 Å². The first-order chi connectivity index (χ1) is 9.15. The molecule has 98 valence electrons. The van der Waals surface area contributed by atoms with Gasteiger partial charge in [-0.1, -0.05) is 48.0 Å². The van der Waals surface area contributed by atoms with Crippen LogP contribution in [-0.2, 0) is 6.54 Å². The maximum atomic E-state index is 6.44. The molecule has 0 radical (unpaired) electrons. The average molecular weight is 272 g/mol. The van der Waals surface area contributed by atoms with Crippen molar-refractivity contribution < 1.29 is 0 Å². The van der Waals surface area contributed by atoms with Crippen molar-refractivity contribution in [1.82, 2.24) is 4.90 Å². The third-order valence-corrected chi connectivity index (χ3v) is 4.21. The van der Waals surface area contributed by atoms with Crippen LogP contribution in [0.15, 0.2) is 42.5 Å². The quantitative estimate of drug-likeness (QED) is 0.750. The molecule has 0 bridgehead atoms. The monoisotopic (exact) mass is 271 g/mol. The second kappa shape index (κ2) is 4.99. The van der Waals surface area contributed by atoms with Crippen molar-refractivity contribution in [2.24, 2.45) is 0 Å². The smallest absolute Gasteiger partial charge is 0.0456 e. The van der Waals surface area contributed by atoms with Crippen molar-refractivity contribution in [3.63, 3.8) is 0 Å². The number of hydrogen-bond acceptors (Lipinski definition) is 1. The Morgan fingerprint density at radius 3 is 2.63 bits per heavy atom. The molecule has 0 saturated heterocycles. The zero-order chi connectivity index (χ0) is 13.4. The largest absolute Gasteiger partial charge is 0.301 e. The van der Waals surface area contributed by atoms with Crippen molar-refractivity contribution in [3.05, 3.63) is 69.7 Å². The zero-order valence-corrected chi connectivity index (χ0v) is 12.1. The minimum Gasteiger partial charge on any atom is -0.301 e. The van der Waals surface area contributed by atoms with Crippen molar-refractivity contribution in [2.75, 3.05) is 13.6 Å². The summed E-state index contributed by atoms with van der Waals surface area (Å²) in [6.07, 6.45) is 0. The van der Waals surface area contributed by atoms with Crippen LogP contribution in [-0.4, -0.2) is 18.5 Å². The van der Waals surface area contributed by atoms with Crippen molar-refractivity contribution in [2.45, 2.75) is 19.4 Å². The van der Waals surface area contributed by atoms with Crippen LogP contribution < -0.4 is 0 Å². The van der Waals surface area contributed by atoms with Crippen LogP contribution in [0.2, 0.25) is 5.02 Å². The Labute approximate surface area is 119 Å². The number of aryl methyl sites for hydroxylation is 1. The van der Waals surface area contributed by atoms with E-state index >= 15 is 0 Å². The van der Waals surface area contributed by atoms with E-state index in [0.29, 0.717) is 5.92 Å². The minimum atomic E-state index is 0.423. The Balaban J connectivity index is 2.14. The van der Waals surface area contributed by atoms with Gasteiger partial charge in [-0.05, 0) is 42.3 Å². The van der Waals surface area contributed by atoms with E-state index in [9.17, 15) is 0 Å². The third kappa shape index (κ3) is 2.41. The van der Waals surface area contributed by atoms with E-state index in [4.69, 9.17) is 11.6 Å². The van der Waals surface area contributed by atoms with Crippen molar-refractivity contribution >= 4 is 11.6 Å². The van der Waals surface area contributed by atoms with E-state index in [0.717, 1.165) is 18.1 Å². The van der Waals surface area contributed by atoms with Crippen molar-refractivity contribution in [3.8, 4) is 0 Å². The summed E-state index contributed by atoms with van der Waals surface area (Å²) >= 11 is 6.44. The molecule has 3 rings (SSSR count). The molecule has 1 aliphatic rings. The van der Waals surface area contributed by atoms with Gasteiger partial charge in [0.2, 0.25) is 0 Å². The third-order valence-electron chi connectivity index (χ3n) is 3.87. The molecule has 2 aromatic carbocycles. The molecule has 2 aromatic rings. The Morgan fingerprint density at radius 2 is 1.89 bits per heavy atom. The lowest BCUT2D eigenvalue weighted by atomic mass is 9.84. The van der Waals surface area contributed by atoms with Gasteiger partial charge in [-0.15, -0.1) is 0 Å². The molecule has 19 heavy (non-hydrogen) atoms. The summed E-state index contributed by atoms with van der Waals surface area (Å²) in [5.41, 5.74) is 5.30. The predicted molar refractivity (Wildman–Crippen MR) is 80.8 cm³/mol. The van der Waals surface area contributed by atoms with E-state index in [1.807, 2.05) is 0 Å². The molecule has 1 unspecified atom stereocenters. The molecule has 1 aliphatic heterocycles. The first-order valence-corrected chi connectivity index (χ1v) is 7.05. The highest BCUT2D eigenvalue weighted by Gasteiger charge is 2.26. The van der Waals surface area contributed by atoms with Crippen LogP contribution >= 0.6 is 11.6 Å². The van der Waals surface area contributed by atoms with E-state index in [1.54, 1.807) is 0 Å². The molecule has 0 amide bonds. The molecule has 0 N–H and O–H groups in total. The van der Waals surface area contributed by atoms with Crippen LogP contribution in [0.5, 0.6) is 0 Å². The Morgan fingerprint density at radius 1 is 1.16 bits per heavy atom. The van der Waals surface area contributed by atoms with E-state index in [2.05, 4.69) is 61.3 Å². The normalized spacial score (nSPS) is 19.2. The van der Waals surface area contributed by atoms with Crippen LogP contribution in [0.25, 0.3) is 0 Å². The fourth-order valence-corrected chi connectivity index (χ4v) is 3.33. The van der Waals surface area contributed by atoms with Gasteiger partial charge >= 0.3 is 0 Å². The summed E-state index contributed by atoms with van der Waals surface area (Å²) in [5, 5.41) is 0.905. The van der Waals surface area contributed by atoms with Crippen LogP contribution in [0.1, 0.15) is 28.2 Å². The zero-order valence-electron chi connectivity index (χ0n) is 11.4. The second-order valence-electron chi connectivity index (χ2n) is 5.47. The van der Waals surface area contributed by atoms with Crippen LogP contribution in [0.4, 0.5) is 0 Å². The molecule has 0 aromatic heterocycles. The molecule has 2 heteroatoms. The van der Waals surface area contributed by atoms with Crippen LogP contribution in [0.3, 0.4) is 0 Å². The average Bonchev–Trinajstić information content (AvgIpc) is 2.40. The molecular weight excluding hydrogens is 254 g/mol. The van der Waals surface area contributed by atoms with Gasteiger partial charge in [0.1, 0.15) is 0 Å². The van der Waals surface area contributed by atoms with E-state index < -0.39 is 0 Å². The Hall–Kier alpha value is -1.31. The molecule has 0 aliphatic carbocycles. The maximum absolute atomic E-state index is 6.44. The van der Waals surface area contributed by atoms with Gasteiger partial charge in [-0.2, -0.15) is 0 Å². The Bertz CT molecular complexity index is 592. The van der Waals surface area contributed by atoms with Gasteiger partial charge in [0, 0.05) is 24.0 Å². The lowest BCUT2D eigenvalue weighted by Gasteiger charge is -2.33. The standard InChI is InChI=1S/C17H18ClN/c1-12-8-14-15(13-6-4-3-5-7-13)10-19(2)11-16(14)17(18)9-12/h3-9,15H,10-11H2,1-2H3. The van der Waals surface area contributed by atoms with Gasteiger partial charge in [0.25, 0.3) is 0 Å². The van der Waals surface area contributed by atoms with Crippen molar-refractivity contribution in [1.29, 1.82) is 0 Å². The summed E-state index contributed by atoms with van der Waals surface area (Å²) in [4.78, 5) is 2.35. The highest BCUT2D eigenvalue weighted by molar-refractivity contribution is 6.31. The number of rotatable bonds is 1. The molecule has 0 spiro atoms. The predicted octanol–water partition coefficient (Wildman–Crippen LogP) is 4.23. The number of hydrogen-bond donors (Lipinski definition) is 0. The highest BCUT2D eigenvalue weighted by atomic mass is 35.5. The topological polar surface area (TPSA) is 3.24 Å². The second-order valence-corrected chi connectivity index (χ2v) is 5.88. The van der Waals surface area contributed by atoms with Gasteiger partial charge in [-0.25, -0.2) is 0 Å². The maximum Gasteiger partial charge on any atom is 0.0456 e. The van der Waals surface area contributed by atoms with E-state index in [1.165, 1.54) is 22.3 Å². The number of nitrogens with zero attached hydrogens (tertiary/aromatic N) is 1. The van der Waals surface area contributed by atoms with Gasteiger partial charge < -0.3 is 4.90 Å². The summed E-state index contributed by atoms with van der Waals surface area (Å²) in [6.45, 7) is 4.11. The van der Waals surface area contributed by atoms with Gasteiger partial charge in [0.15, 0.2) is 0 Å². The fraction of sp³-hybridized carbons (Fsp3) is 0.294. The number of fused-ring (bicyclic) bond motifs is 1. The highest BCUT2D eigenvalue weighted by Crippen LogP contribution is 2.36. The lowest BCUT2D eigenvalue weighted by molar-refractivity contribution is 0.295. The van der Waals surface area contributed by atoms with E-state index in [-0.39, 0.29) is 0 Å². The molecule has 1 atom stereocenters. The SMILES string of the molecule is Cc1cc(Cl)c2c(c1)C(c1ccccc1)CN(C)C2. The first kappa shape index (κ1) is 12.7. The number of benzene rings is 2. The molecule has 1 heterocycles. The first-order valence-electron chi connectivity index (χ1n) is 6.67. The number of halogens is 1. The molecule has 1 nitrogen and oxygen atoms in total. The number of likely N-dealkylation sites (N-methyl/N-ethyl adjacent to an activating group) is 1. The van der Waals surface area contributed by atoms with Gasteiger partial charge in [-0.3, -0.25) is 0 Å². The lowest BCUT2D eigenvalue weighted by Crippen LogP contribution is -2.31. The summed E-state index contributed by atoms with van der Waals surface area (Å²) in [5.74, 6) is 0.423. The van der Waals surface area contributed by atoms with Gasteiger partial charge in [0.05, 0.1) is 0 Å². The Kier molecular flexibility index (Phi) is 3.34. The molecular formula is C17H18ClN. The summed E-state index contributed by atoms with van der Waals surface area (Å²) in [6, 6.07) is 15.1.